The van der Waals surface area contributed by atoms with Crippen LogP contribution in [0.25, 0.3) is 0 Å². The molecule has 0 spiro atoms. The van der Waals surface area contributed by atoms with E-state index in [0.717, 1.165) is 0 Å². The molecule has 7 nitrogen and oxygen atoms in total. The molecule has 124 valence electrons. The van der Waals surface area contributed by atoms with Crippen molar-refractivity contribution in [1.29, 1.82) is 0 Å². The van der Waals surface area contributed by atoms with E-state index in [9.17, 15) is 9.18 Å². The van der Waals surface area contributed by atoms with Crippen molar-refractivity contribution >= 4 is 39.4 Å². The van der Waals surface area contributed by atoms with Crippen LogP contribution < -0.4 is 5.32 Å². The summed E-state index contributed by atoms with van der Waals surface area (Å²) in [5.41, 5.74) is 1.04. The minimum atomic E-state index is -0.406. The van der Waals surface area contributed by atoms with Gasteiger partial charge in [-0.3, -0.25) is 14.8 Å². The number of hydrogen-bond acceptors (Lipinski definition) is 4. The second-order valence-corrected chi connectivity index (χ2v) is 6.18. The maximum absolute atomic E-state index is 13.1. The smallest absolute Gasteiger partial charge is 0.277 e. The summed E-state index contributed by atoms with van der Waals surface area (Å²) in [4.78, 5) is 16.2. The average molecular weight is 414 g/mol. The topological polar surface area (TPSA) is 77.6 Å². The zero-order valence-electron chi connectivity index (χ0n) is 12.4. The van der Waals surface area contributed by atoms with E-state index in [2.05, 4.69) is 36.4 Å². The van der Waals surface area contributed by atoms with Crippen molar-refractivity contribution in [3.8, 4) is 0 Å². The number of aryl methyl sites for hydroxylation is 1. The van der Waals surface area contributed by atoms with Gasteiger partial charge in [0.25, 0.3) is 5.91 Å². The lowest BCUT2D eigenvalue weighted by Gasteiger charge is -2.04. The number of nitrogens with zero attached hydrogens (tertiary/aromatic N) is 5. The minimum absolute atomic E-state index is 0.145. The molecule has 0 fully saturated rings. The molecule has 3 aromatic rings. The second-order valence-electron chi connectivity index (χ2n) is 4.92. The largest absolute Gasteiger partial charge is 0.288 e. The van der Waals surface area contributed by atoms with Gasteiger partial charge >= 0.3 is 0 Å². The van der Waals surface area contributed by atoms with E-state index in [-0.39, 0.29) is 11.9 Å². The lowest BCUT2D eigenvalue weighted by atomic mass is 10.2. The number of anilines is 1. The summed E-state index contributed by atoms with van der Waals surface area (Å²) in [6.45, 7) is 0.303. The number of benzene rings is 1. The summed E-state index contributed by atoms with van der Waals surface area (Å²) in [5, 5.41) is 11.0. The lowest BCUT2D eigenvalue weighted by Crippen LogP contribution is -2.17. The van der Waals surface area contributed by atoms with Crippen molar-refractivity contribution < 1.29 is 9.18 Å². The molecule has 2 heterocycles. The number of halogens is 3. The Morgan fingerprint density at radius 1 is 1.46 bits per heavy atom. The number of hydrogen-bond donors (Lipinski definition) is 1. The number of carbonyl (C=O) groups is 1. The number of nitrogens with one attached hydrogen (secondary N) is 1. The van der Waals surface area contributed by atoms with Gasteiger partial charge in [-0.05, 0) is 33.6 Å². The summed E-state index contributed by atoms with van der Waals surface area (Å²) in [5.74, 6) is -0.650. The maximum Gasteiger partial charge on any atom is 0.277 e. The summed E-state index contributed by atoms with van der Waals surface area (Å²) >= 11 is 9.25. The minimum Gasteiger partial charge on any atom is -0.288 e. The van der Waals surface area contributed by atoms with Crippen molar-refractivity contribution in [2.45, 2.75) is 6.54 Å². The fourth-order valence-corrected chi connectivity index (χ4v) is 2.83. The number of rotatable bonds is 4. The molecule has 3 rings (SSSR count). The maximum atomic E-state index is 13.1. The Balaban J connectivity index is 1.73. The standard InChI is InChI=1S/C14H11BrClFN6O/c1-22-12(10(15)5-19-22)13(24)20-14-18-7-23(21-14)6-8-2-3-9(17)4-11(8)16/h2-5,7H,6H2,1H3,(H,20,21,24). The van der Waals surface area contributed by atoms with E-state index in [1.807, 2.05) is 0 Å². The van der Waals surface area contributed by atoms with Crippen molar-refractivity contribution in [3.05, 3.63) is 57.3 Å². The van der Waals surface area contributed by atoms with Crippen LogP contribution >= 0.6 is 27.5 Å². The molecule has 0 atom stereocenters. The molecule has 0 aliphatic heterocycles. The Labute approximate surface area is 149 Å². The van der Waals surface area contributed by atoms with Gasteiger partial charge in [-0.25, -0.2) is 14.1 Å². The van der Waals surface area contributed by atoms with Crippen LogP contribution in [0.3, 0.4) is 0 Å². The summed E-state index contributed by atoms with van der Waals surface area (Å²) in [7, 11) is 1.65. The molecule has 0 saturated heterocycles. The quantitative estimate of drug-likeness (QED) is 0.713. The molecule has 0 radical (unpaired) electrons. The third kappa shape index (κ3) is 3.46. The molecular weight excluding hydrogens is 403 g/mol. The van der Waals surface area contributed by atoms with Crippen LogP contribution in [-0.2, 0) is 13.6 Å². The highest BCUT2D eigenvalue weighted by Gasteiger charge is 2.17. The first-order chi connectivity index (χ1) is 11.4. The Hall–Kier alpha value is -2.26. The van der Waals surface area contributed by atoms with Crippen LogP contribution in [0.1, 0.15) is 16.1 Å². The van der Waals surface area contributed by atoms with Crippen LogP contribution in [0, 0.1) is 5.82 Å². The van der Waals surface area contributed by atoms with Gasteiger partial charge < -0.3 is 0 Å². The Morgan fingerprint density at radius 2 is 2.25 bits per heavy atom. The molecule has 24 heavy (non-hydrogen) atoms. The Morgan fingerprint density at radius 3 is 2.92 bits per heavy atom. The first kappa shape index (κ1) is 16.6. The molecule has 1 aromatic carbocycles. The van der Waals surface area contributed by atoms with Gasteiger partial charge in [0, 0.05) is 12.1 Å². The first-order valence-corrected chi connectivity index (χ1v) is 7.93. The highest BCUT2D eigenvalue weighted by Crippen LogP contribution is 2.19. The van der Waals surface area contributed by atoms with Crippen molar-refractivity contribution in [2.75, 3.05) is 5.32 Å². The monoisotopic (exact) mass is 412 g/mol. The van der Waals surface area contributed by atoms with Crippen LogP contribution in [0.4, 0.5) is 10.3 Å². The van der Waals surface area contributed by atoms with Gasteiger partial charge in [0.2, 0.25) is 5.95 Å². The van der Waals surface area contributed by atoms with Gasteiger partial charge in [0.1, 0.15) is 17.8 Å². The van der Waals surface area contributed by atoms with E-state index in [1.165, 1.54) is 34.0 Å². The number of amides is 1. The summed E-state index contributed by atoms with van der Waals surface area (Å²) in [6.07, 6.45) is 2.98. The average Bonchev–Trinajstić information content (AvgIpc) is 3.08. The first-order valence-electron chi connectivity index (χ1n) is 6.76. The van der Waals surface area contributed by atoms with E-state index >= 15 is 0 Å². The highest BCUT2D eigenvalue weighted by atomic mass is 79.9. The Kier molecular flexibility index (Phi) is 4.63. The van der Waals surface area contributed by atoms with Crippen molar-refractivity contribution in [3.63, 3.8) is 0 Å². The summed E-state index contributed by atoms with van der Waals surface area (Å²) < 4.78 is 16.6. The fourth-order valence-electron chi connectivity index (χ4n) is 2.08. The van der Waals surface area contributed by atoms with E-state index < -0.39 is 5.82 Å². The van der Waals surface area contributed by atoms with Gasteiger partial charge in [-0.2, -0.15) is 5.10 Å². The van der Waals surface area contributed by atoms with Crippen LogP contribution in [0.5, 0.6) is 0 Å². The van der Waals surface area contributed by atoms with Crippen LogP contribution in [0.15, 0.2) is 35.2 Å². The Bertz CT molecular complexity index is 889. The van der Waals surface area contributed by atoms with Crippen molar-refractivity contribution in [2.24, 2.45) is 7.05 Å². The normalized spacial score (nSPS) is 10.8. The van der Waals surface area contributed by atoms with Gasteiger partial charge in [-0.15, -0.1) is 5.10 Å². The third-order valence-electron chi connectivity index (χ3n) is 3.22. The molecule has 0 saturated carbocycles. The van der Waals surface area contributed by atoms with E-state index in [4.69, 9.17) is 11.6 Å². The van der Waals surface area contributed by atoms with E-state index in [1.54, 1.807) is 13.1 Å². The van der Waals surface area contributed by atoms with Gasteiger partial charge in [0.05, 0.1) is 17.2 Å². The van der Waals surface area contributed by atoms with Crippen LogP contribution in [0.2, 0.25) is 5.02 Å². The number of aromatic nitrogens is 5. The van der Waals surface area contributed by atoms with E-state index in [0.29, 0.717) is 27.3 Å². The molecule has 0 aliphatic carbocycles. The van der Waals surface area contributed by atoms with Crippen LogP contribution in [-0.4, -0.2) is 30.5 Å². The fraction of sp³-hybridized carbons (Fsp3) is 0.143. The third-order valence-corrected chi connectivity index (χ3v) is 4.15. The lowest BCUT2D eigenvalue weighted by molar-refractivity contribution is 0.101. The molecule has 0 bridgehead atoms. The second kappa shape index (κ2) is 6.70. The molecule has 1 N–H and O–H groups in total. The molecule has 1 amide bonds. The zero-order valence-corrected chi connectivity index (χ0v) is 14.7. The molecule has 0 unspecified atom stereocenters. The van der Waals surface area contributed by atoms with Crippen molar-refractivity contribution in [1.82, 2.24) is 24.5 Å². The highest BCUT2D eigenvalue weighted by molar-refractivity contribution is 9.10. The molecule has 10 heteroatoms. The molecule has 0 aliphatic rings. The summed E-state index contributed by atoms with van der Waals surface area (Å²) in [6, 6.07) is 4.13. The van der Waals surface area contributed by atoms with Gasteiger partial charge in [0.15, 0.2) is 0 Å². The predicted molar refractivity (Wildman–Crippen MR) is 89.4 cm³/mol. The predicted octanol–water partition coefficient (Wildman–Crippen LogP) is 2.87. The van der Waals surface area contributed by atoms with Gasteiger partial charge in [-0.1, -0.05) is 17.7 Å². The molecular formula is C14H11BrClFN6O. The SMILES string of the molecule is Cn1ncc(Br)c1C(=O)Nc1ncn(Cc2ccc(F)cc2Cl)n1. The zero-order chi connectivity index (χ0) is 17.3. The number of carbonyl (C=O) groups excluding carboxylic acids is 1. The molecule has 2 aromatic heterocycles.